The predicted molar refractivity (Wildman–Crippen MR) is 161 cm³/mol. The van der Waals surface area contributed by atoms with Gasteiger partial charge in [0, 0.05) is 45.5 Å². The Morgan fingerprint density at radius 3 is 2.26 bits per heavy atom. The van der Waals surface area contributed by atoms with Gasteiger partial charge in [-0.25, -0.2) is 0 Å². The highest BCUT2D eigenvalue weighted by Gasteiger charge is 2.39. The molecule has 38 heavy (non-hydrogen) atoms. The number of imide groups is 1. The Kier molecular flexibility index (Phi) is 7.60. The van der Waals surface area contributed by atoms with E-state index in [1.807, 2.05) is 13.8 Å². The summed E-state index contributed by atoms with van der Waals surface area (Å²) in [7, 11) is 0. The van der Waals surface area contributed by atoms with Gasteiger partial charge in [0.05, 0.1) is 22.2 Å². The maximum Gasteiger partial charge on any atom is 0.259 e. The maximum atomic E-state index is 13.1. The van der Waals surface area contributed by atoms with Crippen molar-refractivity contribution < 1.29 is 9.59 Å². The molecule has 2 aliphatic heterocycles. The van der Waals surface area contributed by atoms with Crippen LogP contribution in [0.15, 0.2) is 23.8 Å². The minimum Gasteiger partial charge on any atom is -0.342 e. The van der Waals surface area contributed by atoms with Crippen LogP contribution in [0.2, 0.25) is 0 Å². The molecule has 5 heteroatoms. The lowest BCUT2D eigenvalue weighted by molar-refractivity contribution is 0.0880. The number of nitrogens with one attached hydrogen (secondary N) is 1. The number of amides is 2. The highest BCUT2D eigenvalue weighted by Crippen LogP contribution is 2.48. The molecule has 1 unspecified atom stereocenters. The predicted octanol–water partition coefficient (Wildman–Crippen LogP) is 8.72. The van der Waals surface area contributed by atoms with E-state index in [2.05, 4.69) is 73.3 Å². The Labute approximate surface area is 226 Å². The quantitative estimate of drug-likeness (QED) is 0.259. The van der Waals surface area contributed by atoms with Crippen molar-refractivity contribution in [2.45, 2.75) is 101 Å². The van der Waals surface area contributed by atoms with Gasteiger partial charge in [-0.05, 0) is 52.2 Å². The van der Waals surface area contributed by atoms with Crippen LogP contribution in [0, 0.1) is 6.92 Å². The standard InChI is InChI=1S/C26H23N3O2.C4H10.C2H6.CH4/c1-12-4-6-17-15(10-12)19-21-22(26(31)27-25(21)30)20-16-11-13(2)5-7-18(16)29-14(3)8-9-28(17)23(19)24(20)29;1-3-4-2;1-2;/h5,7,10-11,14H,4,6,8-9H2,1-3H3,(H,27,30,31);3-4H2,1-2H3;1-2H3;1H4. The third kappa shape index (κ3) is 3.81. The van der Waals surface area contributed by atoms with Crippen molar-refractivity contribution in [1.82, 2.24) is 14.5 Å². The van der Waals surface area contributed by atoms with Crippen LogP contribution in [0.5, 0.6) is 0 Å². The zero-order valence-electron chi connectivity index (χ0n) is 23.3. The lowest BCUT2D eigenvalue weighted by Gasteiger charge is -2.17. The van der Waals surface area contributed by atoms with Crippen molar-refractivity contribution in [3.05, 3.63) is 51.7 Å². The maximum absolute atomic E-state index is 13.1. The lowest BCUT2D eigenvalue weighted by Crippen LogP contribution is -2.20. The fourth-order valence-corrected chi connectivity index (χ4v) is 6.24. The van der Waals surface area contributed by atoms with Crippen molar-refractivity contribution in [3.8, 4) is 0 Å². The van der Waals surface area contributed by atoms with E-state index < -0.39 is 0 Å². The summed E-state index contributed by atoms with van der Waals surface area (Å²) in [5.41, 5.74) is 9.46. The normalized spacial score (nSPS) is 17.1. The second kappa shape index (κ2) is 10.4. The van der Waals surface area contributed by atoms with E-state index in [1.165, 1.54) is 24.1 Å². The molecule has 0 fully saturated rings. The molecule has 1 aliphatic carbocycles. The Morgan fingerprint density at radius 2 is 1.61 bits per heavy atom. The van der Waals surface area contributed by atoms with Crippen LogP contribution in [0.3, 0.4) is 0 Å². The second-order valence-corrected chi connectivity index (χ2v) is 10.5. The number of carbonyl (C=O) groups is 2. The lowest BCUT2D eigenvalue weighted by atomic mass is 9.92. The van der Waals surface area contributed by atoms with Gasteiger partial charge in [0.15, 0.2) is 0 Å². The Hall–Kier alpha value is -3.34. The number of rotatable bonds is 1. The molecule has 0 saturated heterocycles. The van der Waals surface area contributed by atoms with E-state index in [0.29, 0.717) is 17.2 Å². The molecular formula is C33H43N3O2. The van der Waals surface area contributed by atoms with Crippen LogP contribution in [0.25, 0.3) is 38.8 Å². The van der Waals surface area contributed by atoms with Crippen LogP contribution in [-0.2, 0) is 13.0 Å². The fourth-order valence-electron chi connectivity index (χ4n) is 6.24. The number of hydrogen-bond acceptors (Lipinski definition) is 2. The summed E-state index contributed by atoms with van der Waals surface area (Å²) in [5.74, 6) is -0.526. The number of nitrogens with zero attached hydrogens (tertiary/aromatic N) is 2. The van der Waals surface area contributed by atoms with Gasteiger partial charge in [-0.3, -0.25) is 14.9 Å². The minimum atomic E-state index is -0.266. The molecule has 202 valence electrons. The first kappa shape index (κ1) is 27.7. The van der Waals surface area contributed by atoms with Gasteiger partial charge in [0.2, 0.25) is 0 Å². The summed E-state index contributed by atoms with van der Waals surface area (Å²) < 4.78 is 4.88. The third-order valence-corrected chi connectivity index (χ3v) is 8.09. The van der Waals surface area contributed by atoms with E-state index in [1.54, 1.807) is 0 Å². The average Bonchev–Trinajstić information content (AvgIpc) is 3.46. The van der Waals surface area contributed by atoms with Crippen LogP contribution < -0.4 is 5.32 Å². The van der Waals surface area contributed by atoms with Gasteiger partial charge < -0.3 is 9.13 Å². The highest BCUT2D eigenvalue weighted by atomic mass is 16.2. The van der Waals surface area contributed by atoms with Crippen molar-refractivity contribution in [3.63, 3.8) is 0 Å². The fraction of sp³-hybridized carbons (Fsp3) is 0.455. The van der Waals surface area contributed by atoms with E-state index in [4.69, 9.17) is 0 Å². The van der Waals surface area contributed by atoms with Crippen molar-refractivity contribution >= 4 is 50.6 Å². The van der Waals surface area contributed by atoms with E-state index in [-0.39, 0.29) is 19.2 Å². The molecule has 7 rings (SSSR count). The van der Waals surface area contributed by atoms with E-state index in [0.717, 1.165) is 69.6 Å². The molecule has 4 aromatic rings. The monoisotopic (exact) mass is 513 g/mol. The second-order valence-electron chi connectivity index (χ2n) is 10.5. The first-order valence-electron chi connectivity index (χ1n) is 14.0. The van der Waals surface area contributed by atoms with Crippen molar-refractivity contribution in [1.29, 1.82) is 0 Å². The van der Waals surface area contributed by atoms with Crippen molar-refractivity contribution in [2.75, 3.05) is 0 Å². The van der Waals surface area contributed by atoms with Crippen LogP contribution >= 0.6 is 0 Å². The molecule has 1 atom stereocenters. The number of fused-ring (bicyclic) bond motifs is 9. The SMILES string of the molecule is C.CC.CC1=Cc2c(n3c4c2c2c(c5c6cc(C)ccc6n(c54)C(C)CC3)C(=O)NC2=O)CC1.CCCC. The van der Waals surface area contributed by atoms with Gasteiger partial charge in [-0.2, -0.15) is 0 Å². The zero-order valence-corrected chi connectivity index (χ0v) is 23.3. The van der Waals surface area contributed by atoms with Crippen LogP contribution in [0.1, 0.15) is 118 Å². The molecule has 3 aliphatic rings. The summed E-state index contributed by atoms with van der Waals surface area (Å²) in [6, 6.07) is 6.79. The number of carbonyl (C=O) groups excluding carboxylic acids is 2. The summed E-state index contributed by atoms with van der Waals surface area (Å²) in [6.45, 7) is 15.8. The number of unbranched alkanes of at least 4 members (excludes halogenated alkanes) is 1. The van der Waals surface area contributed by atoms with Crippen LogP contribution in [0.4, 0.5) is 0 Å². The van der Waals surface area contributed by atoms with Gasteiger partial charge in [0.1, 0.15) is 0 Å². The molecule has 0 saturated carbocycles. The Morgan fingerprint density at radius 1 is 0.947 bits per heavy atom. The van der Waals surface area contributed by atoms with Crippen LogP contribution in [-0.4, -0.2) is 20.9 Å². The molecule has 4 heterocycles. The molecule has 2 amide bonds. The van der Waals surface area contributed by atoms with Gasteiger partial charge >= 0.3 is 0 Å². The number of aryl methyl sites for hydroxylation is 2. The largest absolute Gasteiger partial charge is 0.342 e. The molecular weight excluding hydrogens is 470 g/mol. The van der Waals surface area contributed by atoms with Gasteiger partial charge in [-0.15, -0.1) is 0 Å². The summed E-state index contributed by atoms with van der Waals surface area (Å²) >= 11 is 0. The first-order chi connectivity index (χ1) is 17.9. The Balaban J connectivity index is 0.000000443. The first-order valence-corrected chi connectivity index (χ1v) is 14.0. The van der Waals surface area contributed by atoms with Gasteiger partial charge in [0.25, 0.3) is 11.8 Å². The Bertz CT molecular complexity index is 1610. The smallest absolute Gasteiger partial charge is 0.259 e. The topological polar surface area (TPSA) is 56.0 Å². The molecule has 0 radical (unpaired) electrons. The van der Waals surface area contributed by atoms with Gasteiger partial charge in [-0.1, -0.05) is 71.2 Å². The van der Waals surface area contributed by atoms with E-state index in [9.17, 15) is 9.59 Å². The number of allylic oxidation sites excluding steroid dienone is 1. The molecule has 5 nitrogen and oxygen atoms in total. The van der Waals surface area contributed by atoms with E-state index >= 15 is 0 Å². The number of aromatic nitrogens is 2. The minimum absolute atomic E-state index is 0. The summed E-state index contributed by atoms with van der Waals surface area (Å²) in [6.07, 6.45) is 7.91. The van der Waals surface area contributed by atoms with Crippen molar-refractivity contribution in [2.24, 2.45) is 0 Å². The molecule has 1 N–H and O–H groups in total. The molecule has 0 bridgehead atoms. The summed E-state index contributed by atoms with van der Waals surface area (Å²) in [4.78, 5) is 26.3. The average molecular weight is 514 g/mol. The molecule has 0 spiro atoms. The molecule has 2 aromatic heterocycles. The number of hydrogen-bond donors (Lipinski definition) is 1. The number of benzene rings is 2. The highest BCUT2D eigenvalue weighted by molar-refractivity contribution is 6.37. The summed E-state index contributed by atoms with van der Waals surface area (Å²) in [5, 5.41) is 5.59. The molecule has 2 aromatic carbocycles. The zero-order chi connectivity index (χ0) is 26.6. The third-order valence-electron chi connectivity index (χ3n) is 8.09.